The van der Waals surface area contributed by atoms with E-state index < -0.39 is 17.9 Å². The van der Waals surface area contributed by atoms with Gasteiger partial charge in [-0.3, -0.25) is 9.59 Å². The first-order valence-electron chi connectivity index (χ1n) is 5.62. The molecule has 0 bridgehead atoms. The highest BCUT2D eigenvalue weighted by molar-refractivity contribution is 5.84. The second-order valence-electron chi connectivity index (χ2n) is 4.19. The lowest BCUT2D eigenvalue weighted by Crippen LogP contribution is -2.40. The number of hydrogen-bond acceptors (Lipinski definition) is 3. The maximum absolute atomic E-state index is 11.4. The van der Waals surface area contributed by atoms with Crippen molar-refractivity contribution in [3.05, 3.63) is 29.3 Å². The number of nitrogens with one attached hydrogen (secondary N) is 1. The molecule has 1 aromatic carbocycles. The molecular weight excluding hydrogens is 234 g/mol. The molecule has 2 N–H and O–H groups in total. The molecule has 0 unspecified atom stereocenters. The lowest BCUT2D eigenvalue weighted by Gasteiger charge is -2.12. The Morgan fingerprint density at radius 1 is 1.39 bits per heavy atom. The van der Waals surface area contributed by atoms with E-state index in [9.17, 15) is 9.59 Å². The normalized spacial score (nSPS) is 11.7. The predicted molar refractivity (Wildman–Crippen MR) is 66.7 cm³/mol. The number of ether oxygens (including phenoxy) is 1. The van der Waals surface area contributed by atoms with Crippen molar-refractivity contribution in [3.8, 4) is 5.75 Å². The van der Waals surface area contributed by atoms with E-state index in [0.717, 1.165) is 11.1 Å². The second-order valence-corrected chi connectivity index (χ2v) is 4.19. The van der Waals surface area contributed by atoms with Crippen LogP contribution in [-0.2, 0) is 9.59 Å². The van der Waals surface area contributed by atoms with E-state index in [1.54, 1.807) is 6.07 Å². The molecule has 0 fully saturated rings. The van der Waals surface area contributed by atoms with E-state index >= 15 is 0 Å². The van der Waals surface area contributed by atoms with Gasteiger partial charge in [0.05, 0.1) is 0 Å². The van der Waals surface area contributed by atoms with Gasteiger partial charge in [0.2, 0.25) is 0 Å². The highest BCUT2D eigenvalue weighted by atomic mass is 16.5. The van der Waals surface area contributed by atoms with Crippen molar-refractivity contribution in [2.75, 3.05) is 6.61 Å². The van der Waals surface area contributed by atoms with Crippen LogP contribution in [0.4, 0.5) is 0 Å². The molecule has 0 radical (unpaired) electrons. The standard InChI is InChI=1S/C13H17NO4/c1-8-4-5-11(9(2)6-8)18-7-12(15)14-10(3)13(16)17/h4-6,10H,7H2,1-3H3,(H,14,15)(H,16,17)/t10-/m1/s1. The molecular formula is C13H17NO4. The number of carboxylic acid groups (broad SMARTS) is 1. The van der Waals surface area contributed by atoms with Crippen molar-refractivity contribution in [1.29, 1.82) is 0 Å². The Kier molecular flexibility index (Phi) is 4.71. The van der Waals surface area contributed by atoms with Crippen molar-refractivity contribution in [1.82, 2.24) is 5.32 Å². The van der Waals surface area contributed by atoms with Gasteiger partial charge in [-0.15, -0.1) is 0 Å². The summed E-state index contributed by atoms with van der Waals surface area (Å²) in [6.45, 7) is 5.07. The van der Waals surface area contributed by atoms with E-state index in [1.807, 2.05) is 26.0 Å². The highest BCUT2D eigenvalue weighted by Crippen LogP contribution is 2.18. The van der Waals surface area contributed by atoms with Crippen LogP contribution in [0.3, 0.4) is 0 Å². The fourth-order valence-corrected chi connectivity index (χ4v) is 1.45. The minimum Gasteiger partial charge on any atom is -0.484 e. The first-order chi connectivity index (χ1) is 8.40. The molecule has 5 nitrogen and oxygen atoms in total. The lowest BCUT2D eigenvalue weighted by atomic mass is 10.1. The van der Waals surface area contributed by atoms with E-state index in [1.165, 1.54) is 6.92 Å². The van der Waals surface area contributed by atoms with Crippen molar-refractivity contribution >= 4 is 11.9 Å². The number of amides is 1. The Balaban J connectivity index is 2.50. The molecule has 5 heteroatoms. The van der Waals surface area contributed by atoms with E-state index in [0.29, 0.717) is 5.75 Å². The Hall–Kier alpha value is -2.04. The number of carbonyl (C=O) groups is 2. The van der Waals surface area contributed by atoms with Crippen LogP contribution in [0.1, 0.15) is 18.1 Å². The van der Waals surface area contributed by atoms with Crippen LogP contribution in [0, 0.1) is 13.8 Å². The van der Waals surface area contributed by atoms with Crippen molar-refractivity contribution in [2.45, 2.75) is 26.8 Å². The summed E-state index contributed by atoms with van der Waals surface area (Å²) in [7, 11) is 0. The molecule has 0 saturated carbocycles. The summed E-state index contributed by atoms with van der Waals surface area (Å²) in [4.78, 5) is 22.0. The molecule has 1 rings (SSSR count). The van der Waals surface area contributed by atoms with Gasteiger partial charge in [-0.2, -0.15) is 0 Å². The van der Waals surface area contributed by atoms with Crippen LogP contribution in [0.25, 0.3) is 0 Å². The van der Waals surface area contributed by atoms with E-state index in [2.05, 4.69) is 5.32 Å². The SMILES string of the molecule is Cc1ccc(OCC(=O)N[C@H](C)C(=O)O)c(C)c1. The number of carbonyl (C=O) groups excluding carboxylic acids is 1. The molecule has 1 amide bonds. The van der Waals surface area contributed by atoms with Gasteiger partial charge in [-0.1, -0.05) is 17.7 Å². The van der Waals surface area contributed by atoms with Crippen LogP contribution in [0.2, 0.25) is 0 Å². The molecule has 98 valence electrons. The molecule has 0 aliphatic heterocycles. The molecule has 0 spiro atoms. The number of rotatable bonds is 5. The third-order valence-corrected chi connectivity index (χ3v) is 2.44. The first-order valence-corrected chi connectivity index (χ1v) is 5.62. The summed E-state index contributed by atoms with van der Waals surface area (Å²) in [5, 5.41) is 11.0. The van der Waals surface area contributed by atoms with E-state index in [4.69, 9.17) is 9.84 Å². The first kappa shape index (κ1) is 14.0. The van der Waals surface area contributed by atoms with Crippen LogP contribution in [0.15, 0.2) is 18.2 Å². The van der Waals surface area contributed by atoms with Crippen LogP contribution in [-0.4, -0.2) is 29.6 Å². The predicted octanol–water partition coefficient (Wildman–Crippen LogP) is 1.27. The van der Waals surface area contributed by atoms with Crippen LogP contribution >= 0.6 is 0 Å². The van der Waals surface area contributed by atoms with Crippen molar-refractivity contribution in [3.63, 3.8) is 0 Å². The second kappa shape index (κ2) is 6.05. The third-order valence-electron chi connectivity index (χ3n) is 2.44. The van der Waals surface area contributed by atoms with Crippen molar-refractivity contribution in [2.24, 2.45) is 0 Å². The highest BCUT2D eigenvalue weighted by Gasteiger charge is 2.14. The maximum atomic E-state index is 11.4. The molecule has 0 aliphatic rings. The largest absolute Gasteiger partial charge is 0.484 e. The van der Waals surface area contributed by atoms with Gasteiger partial charge < -0.3 is 15.2 Å². The van der Waals surface area contributed by atoms with Gasteiger partial charge in [0.25, 0.3) is 5.91 Å². The molecule has 0 aliphatic carbocycles. The number of benzene rings is 1. The number of aryl methyl sites for hydroxylation is 2. The van der Waals surface area contributed by atoms with Crippen LogP contribution in [0.5, 0.6) is 5.75 Å². The van der Waals surface area contributed by atoms with Gasteiger partial charge >= 0.3 is 5.97 Å². The lowest BCUT2D eigenvalue weighted by molar-refractivity contribution is -0.141. The Morgan fingerprint density at radius 3 is 2.61 bits per heavy atom. The molecule has 0 heterocycles. The van der Waals surface area contributed by atoms with Gasteiger partial charge in [-0.05, 0) is 32.4 Å². The zero-order chi connectivity index (χ0) is 13.7. The van der Waals surface area contributed by atoms with Gasteiger partial charge in [-0.25, -0.2) is 0 Å². The quantitative estimate of drug-likeness (QED) is 0.826. The summed E-state index contributed by atoms with van der Waals surface area (Å²) >= 11 is 0. The molecule has 18 heavy (non-hydrogen) atoms. The minimum atomic E-state index is -1.07. The topological polar surface area (TPSA) is 75.6 Å². The number of aliphatic carboxylic acids is 1. The Morgan fingerprint density at radius 2 is 2.06 bits per heavy atom. The molecule has 1 atom stereocenters. The minimum absolute atomic E-state index is 0.193. The summed E-state index contributed by atoms with van der Waals surface area (Å²) in [5.74, 6) is -0.904. The zero-order valence-corrected chi connectivity index (χ0v) is 10.7. The zero-order valence-electron chi connectivity index (χ0n) is 10.7. The summed E-state index contributed by atoms with van der Waals surface area (Å²) in [6.07, 6.45) is 0. The van der Waals surface area contributed by atoms with Gasteiger partial charge in [0, 0.05) is 0 Å². The summed E-state index contributed by atoms with van der Waals surface area (Å²) in [6, 6.07) is 4.71. The Labute approximate surface area is 106 Å². The maximum Gasteiger partial charge on any atom is 0.325 e. The van der Waals surface area contributed by atoms with Crippen LogP contribution < -0.4 is 10.1 Å². The molecule has 0 aromatic heterocycles. The van der Waals surface area contributed by atoms with E-state index in [-0.39, 0.29) is 6.61 Å². The third kappa shape index (κ3) is 4.08. The molecule has 1 aromatic rings. The monoisotopic (exact) mass is 251 g/mol. The average molecular weight is 251 g/mol. The molecule has 0 saturated heterocycles. The van der Waals surface area contributed by atoms with Gasteiger partial charge in [0.15, 0.2) is 6.61 Å². The Bertz CT molecular complexity index is 456. The van der Waals surface area contributed by atoms with Gasteiger partial charge in [0.1, 0.15) is 11.8 Å². The average Bonchev–Trinajstić information content (AvgIpc) is 2.27. The fourth-order valence-electron chi connectivity index (χ4n) is 1.45. The fraction of sp³-hybridized carbons (Fsp3) is 0.385. The van der Waals surface area contributed by atoms with Crippen molar-refractivity contribution < 1.29 is 19.4 Å². The smallest absolute Gasteiger partial charge is 0.325 e. The number of carboxylic acids is 1. The number of hydrogen-bond donors (Lipinski definition) is 2. The summed E-state index contributed by atoms with van der Waals surface area (Å²) < 4.78 is 5.33. The summed E-state index contributed by atoms with van der Waals surface area (Å²) in [5.41, 5.74) is 2.05.